The summed E-state index contributed by atoms with van der Waals surface area (Å²) in [5, 5.41) is 11.6. The number of aromatic nitrogens is 1. The fourth-order valence-corrected chi connectivity index (χ4v) is 4.67. The van der Waals surface area contributed by atoms with E-state index in [0.717, 1.165) is 33.6 Å². The number of nitrogens with zero attached hydrogens (tertiary/aromatic N) is 2. The summed E-state index contributed by atoms with van der Waals surface area (Å²) < 4.78 is 5.96. The molecule has 5 rings (SSSR count). The Morgan fingerprint density at radius 2 is 1.63 bits per heavy atom. The topological polar surface area (TPSA) is 62.7 Å². The number of rotatable bonds is 6. The zero-order chi connectivity index (χ0) is 24.0. The number of ether oxygens (including phenoxy) is 1. The molecule has 0 saturated carbocycles. The highest BCUT2D eigenvalue weighted by Crippen LogP contribution is 2.38. The fraction of sp³-hybridized carbons (Fsp3) is 0.200. The highest BCUT2D eigenvalue weighted by atomic mass is 16.5. The summed E-state index contributed by atoms with van der Waals surface area (Å²) in [6.07, 6.45) is 2.97. The number of aliphatic hydroxyl groups is 1. The summed E-state index contributed by atoms with van der Waals surface area (Å²) >= 11 is 0. The van der Waals surface area contributed by atoms with Crippen LogP contribution >= 0.6 is 0 Å². The fourth-order valence-electron chi connectivity index (χ4n) is 4.67. The summed E-state index contributed by atoms with van der Waals surface area (Å²) in [7, 11) is 0. The highest BCUT2D eigenvalue weighted by molar-refractivity contribution is 5.78. The molecule has 5 nitrogen and oxygen atoms in total. The Balaban J connectivity index is 1.42. The second kappa shape index (κ2) is 10.5. The molecule has 1 atom stereocenters. The van der Waals surface area contributed by atoms with Gasteiger partial charge in [0.05, 0.1) is 19.1 Å². The Labute approximate surface area is 205 Å². The lowest BCUT2D eigenvalue weighted by molar-refractivity contribution is -0.131. The van der Waals surface area contributed by atoms with Crippen molar-refractivity contribution >= 4 is 5.91 Å². The van der Waals surface area contributed by atoms with E-state index in [-0.39, 0.29) is 11.8 Å². The molecular formula is C30H28N2O3. The standard InChI is InChI=1S/C30H28N2O3/c33-28(18-22-8-7-15-31-20-22)32-16-17-35-27-14-13-25(19-26(27)21-32)30(34)29(23-9-3-1-4-10-23)24-11-5-2-6-12-24/h1-15,19-20,29-30,34H,16-18,21H2/t30-/m1/s1. The maximum atomic E-state index is 13.0. The summed E-state index contributed by atoms with van der Waals surface area (Å²) in [6, 6.07) is 29.7. The van der Waals surface area contributed by atoms with Crippen LogP contribution in [-0.4, -0.2) is 34.0 Å². The van der Waals surface area contributed by atoms with Crippen molar-refractivity contribution in [2.24, 2.45) is 0 Å². The molecule has 0 spiro atoms. The van der Waals surface area contributed by atoms with E-state index in [1.807, 2.05) is 95.9 Å². The van der Waals surface area contributed by atoms with E-state index < -0.39 is 6.10 Å². The highest BCUT2D eigenvalue weighted by Gasteiger charge is 2.27. The Bertz CT molecular complexity index is 1220. The first-order valence-corrected chi connectivity index (χ1v) is 11.9. The maximum Gasteiger partial charge on any atom is 0.227 e. The van der Waals surface area contributed by atoms with Crippen molar-refractivity contribution in [2.45, 2.75) is 25.0 Å². The molecule has 1 aliphatic rings. The van der Waals surface area contributed by atoms with Gasteiger partial charge in [-0.1, -0.05) is 72.8 Å². The molecule has 0 unspecified atom stereocenters. The lowest BCUT2D eigenvalue weighted by Gasteiger charge is -2.25. The molecule has 35 heavy (non-hydrogen) atoms. The van der Waals surface area contributed by atoms with Gasteiger partial charge in [-0.05, 0) is 40.5 Å². The molecule has 0 aliphatic carbocycles. The molecule has 1 aromatic heterocycles. The van der Waals surface area contributed by atoms with Crippen molar-refractivity contribution in [3.05, 3.63) is 131 Å². The SMILES string of the molecule is O=C(Cc1cccnc1)N1CCOc2ccc([C@@H](O)C(c3ccccc3)c3ccccc3)cc2C1. The van der Waals surface area contributed by atoms with Gasteiger partial charge in [0.2, 0.25) is 5.91 Å². The Morgan fingerprint density at radius 3 is 2.29 bits per heavy atom. The first-order valence-electron chi connectivity index (χ1n) is 11.9. The van der Waals surface area contributed by atoms with Gasteiger partial charge in [-0.3, -0.25) is 9.78 Å². The van der Waals surface area contributed by atoms with E-state index in [4.69, 9.17) is 4.74 Å². The first kappa shape index (κ1) is 22.8. The van der Waals surface area contributed by atoms with Crippen molar-refractivity contribution < 1.29 is 14.6 Å². The van der Waals surface area contributed by atoms with Gasteiger partial charge >= 0.3 is 0 Å². The molecule has 3 aromatic carbocycles. The van der Waals surface area contributed by atoms with Gasteiger partial charge in [-0.15, -0.1) is 0 Å². The van der Waals surface area contributed by atoms with E-state index in [9.17, 15) is 9.90 Å². The average molecular weight is 465 g/mol. The summed E-state index contributed by atoms with van der Waals surface area (Å²) in [4.78, 5) is 19.0. The molecule has 4 aromatic rings. The second-order valence-electron chi connectivity index (χ2n) is 8.81. The third kappa shape index (κ3) is 5.26. The summed E-state index contributed by atoms with van der Waals surface area (Å²) in [6.45, 7) is 1.39. The average Bonchev–Trinajstić information content (AvgIpc) is 3.13. The maximum absolute atomic E-state index is 13.0. The minimum Gasteiger partial charge on any atom is -0.491 e. The summed E-state index contributed by atoms with van der Waals surface area (Å²) in [5.74, 6) is 0.575. The zero-order valence-corrected chi connectivity index (χ0v) is 19.5. The minimum absolute atomic E-state index is 0.0341. The molecule has 0 fully saturated rings. The van der Waals surface area contributed by atoms with Crippen molar-refractivity contribution in [1.82, 2.24) is 9.88 Å². The smallest absolute Gasteiger partial charge is 0.227 e. The van der Waals surface area contributed by atoms with Crippen LogP contribution in [0.15, 0.2) is 103 Å². The lowest BCUT2D eigenvalue weighted by atomic mass is 9.83. The Hall–Kier alpha value is -3.96. The van der Waals surface area contributed by atoms with Gasteiger partial charge in [-0.25, -0.2) is 0 Å². The van der Waals surface area contributed by atoms with E-state index in [2.05, 4.69) is 4.98 Å². The predicted molar refractivity (Wildman–Crippen MR) is 135 cm³/mol. The number of hydrogen-bond acceptors (Lipinski definition) is 4. The number of amides is 1. The number of aliphatic hydroxyl groups excluding tert-OH is 1. The Morgan fingerprint density at radius 1 is 0.914 bits per heavy atom. The van der Waals surface area contributed by atoms with Crippen LogP contribution in [-0.2, 0) is 17.8 Å². The van der Waals surface area contributed by atoms with Crippen LogP contribution < -0.4 is 4.74 Å². The van der Waals surface area contributed by atoms with E-state index in [1.54, 1.807) is 12.4 Å². The third-order valence-electron chi connectivity index (χ3n) is 6.47. The van der Waals surface area contributed by atoms with E-state index >= 15 is 0 Å². The summed E-state index contributed by atoms with van der Waals surface area (Å²) in [5.41, 5.74) is 4.68. The lowest BCUT2D eigenvalue weighted by Crippen LogP contribution is -2.33. The molecule has 1 aliphatic heterocycles. The van der Waals surface area contributed by atoms with E-state index in [0.29, 0.717) is 26.1 Å². The number of fused-ring (bicyclic) bond motifs is 1. The monoisotopic (exact) mass is 464 g/mol. The number of carbonyl (C=O) groups is 1. The molecule has 0 saturated heterocycles. The predicted octanol–water partition coefficient (Wildman–Crippen LogP) is 4.91. The van der Waals surface area contributed by atoms with Crippen LogP contribution in [0.3, 0.4) is 0 Å². The Kier molecular flexibility index (Phi) is 6.87. The molecule has 0 radical (unpaired) electrons. The van der Waals surface area contributed by atoms with Gasteiger partial charge in [0.15, 0.2) is 0 Å². The normalized spacial score (nSPS) is 14.1. The molecular weight excluding hydrogens is 436 g/mol. The van der Waals surface area contributed by atoms with Crippen LogP contribution in [0.25, 0.3) is 0 Å². The molecule has 1 amide bonds. The number of pyridine rings is 1. The zero-order valence-electron chi connectivity index (χ0n) is 19.5. The quantitative estimate of drug-likeness (QED) is 0.440. The molecule has 0 bridgehead atoms. The van der Waals surface area contributed by atoms with Gasteiger partial charge in [-0.2, -0.15) is 0 Å². The van der Waals surface area contributed by atoms with Crippen LogP contribution in [0.2, 0.25) is 0 Å². The van der Waals surface area contributed by atoms with Gasteiger partial charge in [0, 0.05) is 30.4 Å². The van der Waals surface area contributed by atoms with Gasteiger partial charge in [0.25, 0.3) is 0 Å². The van der Waals surface area contributed by atoms with Crippen molar-refractivity contribution in [3.8, 4) is 5.75 Å². The van der Waals surface area contributed by atoms with Crippen LogP contribution in [0.5, 0.6) is 5.75 Å². The minimum atomic E-state index is -0.757. The first-order chi connectivity index (χ1) is 17.2. The van der Waals surface area contributed by atoms with Crippen molar-refractivity contribution in [1.29, 1.82) is 0 Å². The van der Waals surface area contributed by atoms with Gasteiger partial charge < -0.3 is 14.7 Å². The molecule has 5 heteroatoms. The van der Waals surface area contributed by atoms with Gasteiger partial charge in [0.1, 0.15) is 12.4 Å². The van der Waals surface area contributed by atoms with Crippen LogP contribution in [0.1, 0.15) is 39.8 Å². The molecule has 2 heterocycles. The number of carbonyl (C=O) groups excluding carboxylic acids is 1. The van der Waals surface area contributed by atoms with Crippen molar-refractivity contribution in [2.75, 3.05) is 13.2 Å². The number of benzene rings is 3. The second-order valence-corrected chi connectivity index (χ2v) is 8.81. The molecule has 1 N–H and O–H groups in total. The van der Waals surface area contributed by atoms with Crippen molar-refractivity contribution in [3.63, 3.8) is 0 Å². The van der Waals surface area contributed by atoms with Crippen LogP contribution in [0.4, 0.5) is 0 Å². The third-order valence-corrected chi connectivity index (χ3v) is 6.47. The van der Waals surface area contributed by atoms with Crippen LogP contribution in [0, 0.1) is 0 Å². The van der Waals surface area contributed by atoms with E-state index in [1.165, 1.54) is 0 Å². The number of hydrogen-bond donors (Lipinski definition) is 1. The largest absolute Gasteiger partial charge is 0.491 e. The molecule has 176 valence electrons.